The standard InChI is InChI=1S/C19H15N3O4/c1-12-2-3-14(19(24)25)10-16(12)17-5-4-15(26-17)11-21-22-18(23)13-6-8-20-9-7-13/h2-11H,1H3,(H,22,23)(H,24,25)/b21-11+. The van der Waals surface area contributed by atoms with Crippen molar-refractivity contribution in [2.75, 3.05) is 0 Å². The zero-order valence-corrected chi connectivity index (χ0v) is 13.8. The van der Waals surface area contributed by atoms with Gasteiger partial charge in [0, 0.05) is 23.5 Å². The molecule has 7 heteroatoms. The maximum Gasteiger partial charge on any atom is 0.335 e. The van der Waals surface area contributed by atoms with Crippen molar-refractivity contribution in [3.05, 3.63) is 77.3 Å². The Labute approximate surface area is 149 Å². The van der Waals surface area contributed by atoms with E-state index in [1.165, 1.54) is 18.6 Å². The molecule has 0 bridgehead atoms. The molecular weight excluding hydrogens is 334 g/mol. The molecule has 0 aliphatic carbocycles. The molecule has 0 spiro atoms. The lowest BCUT2D eigenvalue weighted by atomic mass is 10.0. The van der Waals surface area contributed by atoms with Gasteiger partial charge in [0.15, 0.2) is 0 Å². The third kappa shape index (κ3) is 3.84. The van der Waals surface area contributed by atoms with E-state index in [1.807, 2.05) is 6.92 Å². The summed E-state index contributed by atoms with van der Waals surface area (Å²) in [5.41, 5.74) is 4.60. The first kappa shape index (κ1) is 17.1. The number of hydrazone groups is 1. The van der Waals surface area contributed by atoms with Gasteiger partial charge in [-0.05, 0) is 48.9 Å². The second-order valence-corrected chi connectivity index (χ2v) is 5.47. The third-order valence-electron chi connectivity index (χ3n) is 3.68. The van der Waals surface area contributed by atoms with Gasteiger partial charge in [0.1, 0.15) is 11.5 Å². The molecule has 0 radical (unpaired) electrons. The van der Waals surface area contributed by atoms with Crippen molar-refractivity contribution in [3.63, 3.8) is 0 Å². The van der Waals surface area contributed by atoms with Crippen molar-refractivity contribution < 1.29 is 19.1 Å². The van der Waals surface area contributed by atoms with Gasteiger partial charge in [0.25, 0.3) is 5.91 Å². The third-order valence-corrected chi connectivity index (χ3v) is 3.68. The number of hydrogen-bond acceptors (Lipinski definition) is 5. The Morgan fingerprint density at radius 3 is 2.62 bits per heavy atom. The number of carbonyl (C=O) groups is 2. The number of rotatable bonds is 5. The van der Waals surface area contributed by atoms with Crippen LogP contribution in [0.25, 0.3) is 11.3 Å². The van der Waals surface area contributed by atoms with Gasteiger partial charge in [-0.1, -0.05) is 6.07 Å². The topological polar surface area (TPSA) is 105 Å². The highest BCUT2D eigenvalue weighted by molar-refractivity contribution is 5.94. The number of nitrogens with zero attached hydrogens (tertiary/aromatic N) is 2. The Morgan fingerprint density at radius 2 is 1.88 bits per heavy atom. The molecule has 7 nitrogen and oxygen atoms in total. The van der Waals surface area contributed by atoms with Crippen LogP contribution in [0, 0.1) is 6.92 Å². The summed E-state index contributed by atoms with van der Waals surface area (Å²) in [5, 5.41) is 13.0. The Kier molecular flexibility index (Phi) is 4.89. The van der Waals surface area contributed by atoms with Gasteiger partial charge in [0.05, 0.1) is 11.8 Å². The zero-order valence-electron chi connectivity index (χ0n) is 13.8. The van der Waals surface area contributed by atoms with E-state index in [4.69, 9.17) is 9.52 Å². The van der Waals surface area contributed by atoms with Crippen LogP contribution in [0.2, 0.25) is 0 Å². The second-order valence-electron chi connectivity index (χ2n) is 5.47. The number of aromatic carboxylic acids is 1. The summed E-state index contributed by atoms with van der Waals surface area (Å²) >= 11 is 0. The van der Waals surface area contributed by atoms with Gasteiger partial charge >= 0.3 is 5.97 Å². The second kappa shape index (κ2) is 7.43. The minimum Gasteiger partial charge on any atom is -0.478 e. The fraction of sp³-hybridized carbons (Fsp3) is 0.0526. The number of aryl methyl sites for hydroxylation is 1. The highest BCUT2D eigenvalue weighted by atomic mass is 16.4. The lowest BCUT2D eigenvalue weighted by Crippen LogP contribution is -2.17. The van der Waals surface area contributed by atoms with Gasteiger partial charge in [-0.25, -0.2) is 10.2 Å². The van der Waals surface area contributed by atoms with E-state index in [0.29, 0.717) is 22.6 Å². The van der Waals surface area contributed by atoms with Crippen molar-refractivity contribution in [3.8, 4) is 11.3 Å². The van der Waals surface area contributed by atoms with Crippen LogP contribution in [0.1, 0.15) is 32.0 Å². The Hall–Kier alpha value is -3.74. The highest BCUT2D eigenvalue weighted by Crippen LogP contribution is 2.26. The van der Waals surface area contributed by atoms with Crippen LogP contribution in [0.4, 0.5) is 0 Å². The van der Waals surface area contributed by atoms with Gasteiger partial charge in [-0.3, -0.25) is 9.78 Å². The molecule has 3 rings (SSSR count). The molecule has 0 aliphatic heterocycles. The van der Waals surface area contributed by atoms with Crippen molar-refractivity contribution in [2.45, 2.75) is 6.92 Å². The maximum absolute atomic E-state index is 11.9. The molecule has 0 saturated heterocycles. The maximum atomic E-state index is 11.9. The molecule has 1 amide bonds. The predicted octanol–water partition coefficient (Wildman–Crippen LogP) is 3.11. The number of pyridine rings is 1. The largest absolute Gasteiger partial charge is 0.478 e. The van der Waals surface area contributed by atoms with E-state index in [-0.39, 0.29) is 11.5 Å². The van der Waals surface area contributed by atoms with Crippen molar-refractivity contribution in [1.29, 1.82) is 0 Å². The van der Waals surface area contributed by atoms with Gasteiger partial charge in [-0.2, -0.15) is 5.10 Å². The average molecular weight is 349 g/mol. The molecule has 0 unspecified atom stereocenters. The summed E-state index contributed by atoms with van der Waals surface area (Å²) in [6, 6.07) is 11.4. The normalized spacial score (nSPS) is 10.8. The predicted molar refractivity (Wildman–Crippen MR) is 95.1 cm³/mol. The van der Waals surface area contributed by atoms with E-state index < -0.39 is 5.97 Å². The molecular formula is C19H15N3O4. The van der Waals surface area contributed by atoms with Crippen LogP contribution >= 0.6 is 0 Å². The molecule has 0 aliphatic rings. The molecule has 2 heterocycles. The number of hydrogen-bond donors (Lipinski definition) is 2. The monoisotopic (exact) mass is 349 g/mol. The molecule has 3 aromatic rings. The number of furan rings is 1. The number of carboxylic acids is 1. The number of benzene rings is 1. The van der Waals surface area contributed by atoms with Crippen LogP contribution in [-0.4, -0.2) is 28.2 Å². The van der Waals surface area contributed by atoms with Crippen LogP contribution in [0.3, 0.4) is 0 Å². The summed E-state index contributed by atoms with van der Waals surface area (Å²) < 4.78 is 5.67. The summed E-state index contributed by atoms with van der Waals surface area (Å²) in [6.07, 6.45) is 4.41. The highest BCUT2D eigenvalue weighted by Gasteiger charge is 2.11. The molecule has 0 saturated carbocycles. The Balaban J connectivity index is 1.73. The average Bonchev–Trinajstić information content (AvgIpc) is 3.11. The molecule has 2 N–H and O–H groups in total. The number of carbonyl (C=O) groups excluding carboxylic acids is 1. The molecule has 2 aromatic heterocycles. The molecule has 0 atom stereocenters. The summed E-state index contributed by atoms with van der Waals surface area (Å²) in [6.45, 7) is 1.87. The van der Waals surface area contributed by atoms with Crippen LogP contribution < -0.4 is 5.43 Å². The van der Waals surface area contributed by atoms with Crippen LogP contribution in [0.5, 0.6) is 0 Å². The van der Waals surface area contributed by atoms with E-state index in [9.17, 15) is 9.59 Å². The zero-order chi connectivity index (χ0) is 18.5. The number of amides is 1. The first-order valence-corrected chi connectivity index (χ1v) is 7.72. The lowest BCUT2D eigenvalue weighted by molar-refractivity contribution is 0.0696. The van der Waals surface area contributed by atoms with Crippen LogP contribution in [-0.2, 0) is 0 Å². The summed E-state index contributed by atoms with van der Waals surface area (Å²) in [7, 11) is 0. The minimum atomic E-state index is -1.00. The van der Waals surface area contributed by atoms with E-state index in [2.05, 4.69) is 15.5 Å². The molecule has 1 aromatic carbocycles. The number of carboxylic acid groups (broad SMARTS) is 1. The molecule has 0 fully saturated rings. The fourth-order valence-electron chi connectivity index (χ4n) is 2.31. The van der Waals surface area contributed by atoms with Crippen molar-refractivity contribution >= 4 is 18.1 Å². The van der Waals surface area contributed by atoms with Gasteiger partial charge in [-0.15, -0.1) is 0 Å². The number of nitrogens with one attached hydrogen (secondary N) is 1. The Morgan fingerprint density at radius 1 is 1.12 bits per heavy atom. The quantitative estimate of drug-likeness (QED) is 0.544. The van der Waals surface area contributed by atoms with Crippen molar-refractivity contribution in [1.82, 2.24) is 10.4 Å². The van der Waals surface area contributed by atoms with E-state index >= 15 is 0 Å². The summed E-state index contributed by atoms with van der Waals surface area (Å²) in [5.74, 6) is -0.415. The number of aromatic nitrogens is 1. The molecule has 26 heavy (non-hydrogen) atoms. The summed E-state index contributed by atoms with van der Waals surface area (Å²) in [4.78, 5) is 26.8. The van der Waals surface area contributed by atoms with Crippen LogP contribution in [0.15, 0.2) is 64.4 Å². The van der Waals surface area contributed by atoms with E-state index in [1.54, 1.807) is 42.5 Å². The van der Waals surface area contributed by atoms with Gasteiger partial charge in [0.2, 0.25) is 0 Å². The Bertz CT molecular complexity index is 977. The van der Waals surface area contributed by atoms with Crippen molar-refractivity contribution in [2.24, 2.45) is 5.10 Å². The van der Waals surface area contributed by atoms with E-state index in [0.717, 1.165) is 5.56 Å². The SMILES string of the molecule is Cc1ccc(C(=O)O)cc1-c1ccc(/C=N/NC(=O)c2ccncc2)o1. The first-order chi connectivity index (χ1) is 12.5. The lowest BCUT2D eigenvalue weighted by Gasteiger charge is -2.04. The smallest absolute Gasteiger partial charge is 0.335 e. The first-order valence-electron chi connectivity index (χ1n) is 7.72. The molecule has 130 valence electrons. The van der Waals surface area contributed by atoms with Gasteiger partial charge < -0.3 is 9.52 Å². The fourth-order valence-corrected chi connectivity index (χ4v) is 2.31. The minimum absolute atomic E-state index is 0.182.